The highest BCUT2D eigenvalue weighted by atomic mass is 79.9. The van der Waals surface area contributed by atoms with E-state index in [2.05, 4.69) is 63.5 Å². The van der Waals surface area contributed by atoms with E-state index in [-0.39, 0.29) is 15.9 Å². The van der Waals surface area contributed by atoms with Crippen LogP contribution in [0.5, 0.6) is 0 Å². The Labute approximate surface area is 252 Å². The first kappa shape index (κ1) is 28.5. The second kappa shape index (κ2) is 13.0. The zero-order chi connectivity index (χ0) is 27.9. The van der Waals surface area contributed by atoms with Gasteiger partial charge in [-0.2, -0.15) is 10.2 Å². The largest absolute Gasteiger partial charge is 0.331 e. The molecule has 1 unspecified atom stereocenters. The molecular formula is C26H21Br2N7O2S2. The molecule has 9 nitrogen and oxygen atoms in total. The first-order valence-corrected chi connectivity index (χ1v) is 13.9. The van der Waals surface area contributed by atoms with Gasteiger partial charge >= 0.3 is 0 Å². The Hall–Kier alpha value is -3.52. The summed E-state index contributed by atoms with van der Waals surface area (Å²) < 4.78 is 1.87. The van der Waals surface area contributed by atoms with Crippen LogP contribution in [0.25, 0.3) is 0 Å². The Morgan fingerprint density at radius 1 is 0.795 bits per heavy atom. The SMILES string of the molecule is CC(C(/C=N/NC(=S)Nc1ccc(Br)cc1)=N\NC(=S)Nc1ccc(Br)cc1)N1C(=O)c2ccccc2C1=O. The molecule has 39 heavy (non-hydrogen) atoms. The third-order valence-corrected chi connectivity index (χ3v) is 6.94. The first-order valence-electron chi connectivity index (χ1n) is 11.5. The predicted molar refractivity (Wildman–Crippen MR) is 169 cm³/mol. The fourth-order valence-corrected chi connectivity index (χ4v) is 4.44. The molecule has 1 heterocycles. The summed E-state index contributed by atoms with van der Waals surface area (Å²) in [5, 5.41) is 15.0. The number of hydrazone groups is 2. The van der Waals surface area contributed by atoms with E-state index in [1.54, 1.807) is 31.2 Å². The number of benzene rings is 3. The number of anilines is 2. The summed E-state index contributed by atoms with van der Waals surface area (Å²) in [4.78, 5) is 27.3. The van der Waals surface area contributed by atoms with Crippen LogP contribution in [0.2, 0.25) is 0 Å². The Kier molecular flexibility index (Phi) is 9.51. The fourth-order valence-electron chi connectivity index (χ4n) is 3.58. The Morgan fingerprint density at radius 2 is 1.26 bits per heavy atom. The zero-order valence-corrected chi connectivity index (χ0v) is 25.1. The van der Waals surface area contributed by atoms with Crippen LogP contribution in [0.1, 0.15) is 27.6 Å². The van der Waals surface area contributed by atoms with Crippen LogP contribution in [-0.2, 0) is 0 Å². The van der Waals surface area contributed by atoms with Crippen LogP contribution < -0.4 is 21.5 Å². The van der Waals surface area contributed by atoms with Gasteiger partial charge in [-0.1, -0.05) is 44.0 Å². The predicted octanol–water partition coefficient (Wildman–Crippen LogP) is 5.51. The summed E-state index contributed by atoms with van der Waals surface area (Å²) in [6, 6.07) is 20.8. The molecule has 0 spiro atoms. The van der Waals surface area contributed by atoms with Gasteiger partial charge in [-0.05, 0) is 92.0 Å². The fraction of sp³-hybridized carbons (Fsp3) is 0.0769. The van der Waals surface area contributed by atoms with Crippen molar-refractivity contribution in [3.05, 3.63) is 92.9 Å². The van der Waals surface area contributed by atoms with E-state index in [0.717, 1.165) is 25.2 Å². The highest BCUT2D eigenvalue weighted by Gasteiger charge is 2.39. The van der Waals surface area contributed by atoms with E-state index in [1.807, 2.05) is 48.5 Å². The number of halogens is 2. The molecule has 2 amide bonds. The summed E-state index contributed by atoms with van der Waals surface area (Å²) in [6.07, 6.45) is 1.37. The van der Waals surface area contributed by atoms with Gasteiger partial charge in [0.1, 0.15) is 5.71 Å². The van der Waals surface area contributed by atoms with Crippen LogP contribution in [0.15, 0.2) is 91.9 Å². The van der Waals surface area contributed by atoms with E-state index < -0.39 is 17.9 Å². The molecule has 1 aliphatic rings. The summed E-state index contributed by atoms with van der Waals surface area (Å²) in [7, 11) is 0. The topological polar surface area (TPSA) is 110 Å². The lowest BCUT2D eigenvalue weighted by atomic mass is 10.1. The van der Waals surface area contributed by atoms with Gasteiger partial charge in [-0.15, -0.1) is 0 Å². The van der Waals surface area contributed by atoms with Crippen LogP contribution >= 0.6 is 56.3 Å². The van der Waals surface area contributed by atoms with Crippen molar-refractivity contribution in [2.24, 2.45) is 10.2 Å². The van der Waals surface area contributed by atoms with E-state index in [4.69, 9.17) is 24.4 Å². The number of hydrogen-bond donors (Lipinski definition) is 4. The number of amides is 2. The molecule has 3 aromatic rings. The standard InChI is InChI=1S/C26H21Br2N7O2S2/c1-15(35-23(36)20-4-2-3-5-21(20)24(35)37)22(32-34-26(39)31-19-12-8-17(28)9-13-19)14-29-33-25(38)30-18-10-6-16(27)7-11-18/h2-15H,1H3,(H2,30,33,38)(H2,31,34,39)/b29-14+,32-22-. The molecule has 1 atom stereocenters. The summed E-state index contributed by atoms with van der Waals surface area (Å²) in [6.45, 7) is 1.68. The van der Waals surface area contributed by atoms with Gasteiger partial charge < -0.3 is 10.6 Å². The highest BCUT2D eigenvalue weighted by molar-refractivity contribution is 9.10. The summed E-state index contributed by atoms with van der Waals surface area (Å²) in [5.41, 5.74) is 7.93. The maximum absolute atomic E-state index is 13.1. The van der Waals surface area contributed by atoms with Crippen molar-refractivity contribution in [1.82, 2.24) is 15.8 Å². The zero-order valence-electron chi connectivity index (χ0n) is 20.3. The van der Waals surface area contributed by atoms with Gasteiger partial charge in [-0.25, -0.2) is 0 Å². The van der Waals surface area contributed by atoms with Crippen molar-refractivity contribution in [3.63, 3.8) is 0 Å². The van der Waals surface area contributed by atoms with E-state index in [9.17, 15) is 9.59 Å². The number of fused-ring (bicyclic) bond motifs is 1. The molecule has 4 N–H and O–H groups in total. The summed E-state index contributed by atoms with van der Waals surface area (Å²) >= 11 is 17.5. The number of imide groups is 1. The number of carbonyl (C=O) groups is 2. The number of rotatable bonds is 7. The minimum absolute atomic E-state index is 0.207. The van der Waals surface area contributed by atoms with Crippen molar-refractivity contribution in [3.8, 4) is 0 Å². The monoisotopic (exact) mass is 685 g/mol. The smallest absolute Gasteiger partial charge is 0.262 e. The average Bonchev–Trinajstić information content (AvgIpc) is 3.18. The maximum Gasteiger partial charge on any atom is 0.262 e. The quantitative estimate of drug-likeness (QED) is 0.112. The third kappa shape index (κ3) is 7.32. The van der Waals surface area contributed by atoms with E-state index in [1.165, 1.54) is 6.21 Å². The Balaban J connectivity index is 1.50. The molecule has 0 saturated carbocycles. The first-order chi connectivity index (χ1) is 18.7. The van der Waals surface area contributed by atoms with Crippen molar-refractivity contribution in [2.75, 3.05) is 10.6 Å². The van der Waals surface area contributed by atoms with Gasteiger partial charge in [0.05, 0.1) is 23.4 Å². The maximum atomic E-state index is 13.1. The molecule has 0 saturated heterocycles. The number of hydrogen-bond acceptors (Lipinski definition) is 6. The lowest BCUT2D eigenvalue weighted by Gasteiger charge is -2.22. The number of carbonyl (C=O) groups excluding carboxylic acids is 2. The molecule has 13 heteroatoms. The lowest BCUT2D eigenvalue weighted by molar-refractivity contribution is 0.0636. The molecule has 0 fully saturated rings. The van der Waals surface area contributed by atoms with Crippen LogP contribution in [0, 0.1) is 0 Å². The minimum atomic E-state index is -0.779. The molecule has 0 aromatic heterocycles. The Bertz CT molecular complexity index is 1440. The van der Waals surface area contributed by atoms with Crippen molar-refractivity contribution in [2.45, 2.75) is 13.0 Å². The Morgan fingerprint density at radius 3 is 1.74 bits per heavy atom. The highest BCUT2D eigenvalue weighted by Crippen LogP contribution is 2.24. The number of thiocarbonyl (C=S) groups is 2. The molecule has 0 aliphatic carbocycles. The van der Waals surface area contributed by atoms with Gasteiger partial charge in [0.25, 0.3) is 11.8 Å². The van der Waals surface area contributed by atoms with E-state index >= 15 is 0 Å². The third-order valence-electron chi connectivity index (χ3n) is 5.49. The van der Waals surface area contributed by atoms with Crippen LogP contribution in [0.3, 0.4) is 0 Å². The van der Waals surface area contributed by atoms with Gasteiger partial charge in [0.2, 0.25) is 0 Å². The van der Waals surface area contributed by atoms with Gasteiger partial charge in [0, 0.05) is 20.3 Å². The lowest BCUT2D eigenvalue weighted by Crippen LogP contribution is -2.44. The van der Waals surface area contributed by atoms with Crippen molar-refractivity contribution in [1.29, 1.82) is 0 Å². The van der Waals surface area contributed by atoms with Gasteiger partial charge in [0.15, 0.2) is 10.2 Å². The minimum Gasteiger partial charge on any atom is -0.331 e. The second-order valence-electron chi connectivity index (χ2n) is 8.14. The molecule has 0 bridgehead atoms. The molecule has 4 rings (SSSR count). The molecule has 198 valence electrons. The normalized spacial score (nSPS) is 13.7. The second-order valence-corrected chi connectivity index (χ2v) is 10.8. The number of nitrogens with zero attached hydrogens (tertiary/aromatic N) is 3. The van der Waals surface area contributed by atoms with Crippen LogP contribution in [0.4, 0.5) is 11.4 Å². The van der Waals surface area contributed by atoms with Gasteiger partial charge in [-0.3, -0.25) is 25.3 Å². The number of nitrogens with one attached hydrogen (secondary N) is 4. The van der Waals surface area contributed by atoms with Crippen LogP contribution in [-0.4, -0.2) is 44.9 Å². The molecule has 0 radical (unpaired) electrons. The van der Waals surface area contributed by atoms with Crippen molar-refractivity contribution >= 4 is 102 Å². The molecule has 3 aromatic carbocycles. The van der Waals surface area contributed by atoms with Crippen molar-refractivity contribution < 1.29 is 9.59 Å². The average molecular weight is 687 g/mol. The molecule has 1 aliphatic heterocycles. The molecular weight excluding hydrogens is 666 g/mol. The summed E-state index contributed by atoms with van der Waals surface area (Å²) in [5.74, 6) is -0.833. The van der Waals surface area contributed by atoms with E-state index in [0.29, 0.717) is 11.1 Å².